The van der Waals surface area contributed by atoms with Crippen LogP contribution in [0.15, 0.2) is 72.8 Å². The first-order valence-corrected chi connectivity index (χ1v) is 9.57. The van der Waals surface area contributed by atoms with Gasteiger partial charge in [0.05, 0.1) is 5.56 Å². The largest absolute Gasteiger partial charge is 0.416 e. The summed E-state index contributed by atoms with van der Waals surface area (Å²) in [6.45, 7) is 0.612. The van der Waals surface area contributed by atoms with Crippen LogP contribution in [-0.2, 0) is 6.18 Å². The van der Waals surface area contributed by atoms with Gasteiger partial charge in [-0.05, 0) is 52.8 Å². The summed E-state index contributed by atoms with van der Waals surface area (Å²) >= 11 is 0. The quantitative estimate of drug-likeness (QED) is 0.506. The second-order valence-electron chi connectivity index (χ2n) is 7.32. The minimum Gasteiger partial charge on any atom is -0.306 e. The maximum atomic E-state index is 12.8. The van der Waals surface area contributed by atoms with Crippen molar-refractivity contribution in [2.45, 2.75) is 25.1 Å². The number of halogens is 3. The highest BCUT2D eigenvalue weighted by Gasteiger charge is 2.32. The average molecular weight is 381 g/mol. The fourth-order valence-corrected chi connectivity index (χ4v) is 3.69. The Kier molecular flexibility index (Phi) is 5.23. The zero-order valence-corrected chi connectivity index (χ0v) is 15.4. The molecule has 0 saturated heterocycles. The Morgan fingerprint density at radius 1 is 0.964 bits per heavy atom. The van der Waals surface area contributed by atoms with Crippen molar-refractivity contribution in [3.63, 3.8) is 0 Å². The van der Waals surface area contributed by atoms with Crippen LogP contribution in [0.5, 0.6) is 0 Å². The predicted octanol–water partition coefficient (Wildman–Crippen LogP) is 6.61. The molecule has 0 aliphatic heterocycles. The van der Waals surface area contributed by atoms with Crippen LogP contribution < -0.4 is 5.32 Å². The van der Waals surface area contributed by atoms with Gasteiger partial charge in [-0.25, -0.2) is 0 Å². The van der Waals surface area contributed by atoms with Crippen LogP contribution in [0.25, 0.3) is 16.8 Å². The third-order valence-electron chi connectivity index (χ3n) is 5.23. The van der Waals surface area contributed by atoms with Crippen LogP contribution in [-0.4, -0.2) is 6.54 Å². The van der Waals surface area contributed by atoms with E-state index in [1.807, 2.05) is 12.1 Å². The van der Waals surface area contributed by atoms with E-state index in [4.69, 9.17) is 0 Å². The molecule has 1 N–H and O–H groups in total. The summed E-state index contributed by atoms with van der Waals surface area (Å²) in [6.07, 6.45) is 1.75. The molecular weight excluding hydrogens is 359 g/mol. The molecule has 1 saturated carbocycles. The van der Waals surface area contributed by atoms with Gasteiger partial charge in [0.25, 0.3) is 0 Å². The van der Waals surface area contributed by atoms with Gasteiger partial charge in [0.1, 0.15) is 0 Å². The van der Waals surface area contributed by atoms with Gasteiger partial charge in [0.15, 0.2) is 0 Å². The zero-order valence-electron chi connectivity index (χ0n) is 15.4. The third kappa shape index (κ3) is 4.28. The molecule has 1 aliphatic rings. The first-order chi connectivity index (χ1) is 13.5. The molecule has 1 atom stereocenters. The molecular formula is C24H22F3N. The predicted molar refractivity (Wildman–Crippen MR) is 108 cm³/mol. The Balaban J connectivity index is 1.48. The lowest BCUT2D eigenvalue weighted by molar-refractivity contribution is -0.137. The summed E-state index contributed by atoms with van der Waals surface area (Å²) in [6, 6.07) is 20.4. The van der Waals surface area contributed by atoms with Crippen LogP contribution in [0.2, 0.25) is 0 Å². The van der Waals surface area contributed by atoms with Crippen molar-refractivity contribution in [2.24, 2.45) is 5.92 Å². The molecule has 0 spiro atoms. The lowest BCUT2D eigenvalue weighted by Gasteiger charge is -2.20. The van der Waals surface area contributed by atoms with Crippen LogP contribution >= 0.6 is 0 Å². The molecule has 4 heteroatoms. The summed E-state index contributed by atoms with van der Waals surface area (Å²) in [5, 5.41) is 6.09. The molecule has 1 nitrogen and oxygen atoms in total. The van der Waals surface area contributed by atoms with E-state index in [0.29, 0.717) is 18.0 Å². The van der Waals surface area contributed by atoms with Crippen molar-refractivity contribution in [3.8, 4) is 0 Å². The van der Waals surface area contributed by atoms with Crippen LogP contribution in [0.1, 0.15) is 35.6 Å². The van der Waals surface area contributed by atoms with Gasteiger partial charge in [-0.2, -0.15) is 13.2 Å². The van der Waals surface area contributed by atoms with Gasteiger partial charge in [0, 0.05) is 12.6 Å². The summed E-state index contributed by atoms with van der Waals surface area (Å²) in [5.74, 6) is 0.618. The lowest BCUT2D eigenvalue weighted by atomic mass is 9.96. The number of rotatable bonds is 6. The van der Waals surface area contributed by atoms with E-state index in [0.717, 1.165) is 6.07 Å². The maximum absolute atomic E-state index is 12.8. The molecule has 144 valence electrons. The number of fused-ring (bicyclic) bond motifs is 1. The topological polar surface area (TPSA) is 12.0 Å². The van der Waals surface area contributed by atoms with E-state index in [1.165, 1.54) is 41.3 Å². The van der Waals surface area contributed by atoms with Crippen LogP contribution in [0, 0.1) is 5.92 Å². The van der Waals surface area contributed by atoms with Crippen molar-refractivity contribution in [1.82, 2.24) is 5.32 Å². The number of alkyl halides is 3. The van der Waals surface area contributed by atoms with Crippen molar-refractivity contribution >= 4 is 16.8 Å². The summed E-state index contributed by atoms with van der Waals surface area (Å²) in [4.78, 5) is 0. The van der Waals surface area contributed by atoms with E-state index in [1.54, 1.807) is 12.1 Å². The first kappa shape index (κ1) is 18.8. The maximum Gasteiger partial charge on any atom is 0.416 e. The molecule has 0 radical (unpaired) electrons. The fraction of sp³-hybridized carbons (Fsp3) is 0.250. The van der Waals surface area contributed by atoms with Crippen molar-refractivity contribution in [1.29, 1.82) is 0 Å². The number of benzene rings is 3. The van der Waals surface area contributed by atoms with Crippen LogP contribution in [0.3, 0.4) is 0 Å². The van der Waals surface area contributed by atoms with Crippen molar-refractivity contribution in [2.75, 3.05) is 6.54 Å². The SMILES string of the molecule is FC(F)(F)c1cccc(/C=C/CN[C@@H](c2cccc3ccccc23)C2CC2)c1. The Hall–Kier alpha value is -2.59. The highest BCUT2D eigenvalue weighted by atomic mass is 19.4. The highest BCUT2D eigenvalue weighted by Crippen LogP contribution is 2.42. The summed E-state index contributed by atoms with van der Waals surface area (Å²) in [7, 11) is 0. The third-order valence-corrected chi connectivity index (χ3v) is 5.23. The van der Waals surface area contributed by atoms with E-state index in [2.05, 4.69) is 41.7 Å². The molecule has 3 aromatic rings. The highest BCUT2D eigenvalue weighted by molar-refractivity contribution is 5.86. The minimum atomic E-state index is -4.31. The second-order valence-corrected chi connectivity index (χ2v) is 7.32. The van der Waals surface area contributed by atoms with E-state index >= 15 is 0 Å². The molecule has 0 aromatic heterocycles. The Morgan fingerprint density at radius 2 is 1.71 bits per heavy atom. The van der Waals surface area contributed by atoms with Gasteiger partial charge in [-0.15, -0.1) is 0 Å². The van der Waals surface area contributed by atoms with E-state index in [9.17, 15) is 13.2 Å². The Morgan fingerprint density at radius 3 is 2.50 bits per heavy atom. The average Bonchev–Trinajstić information content (AvgIpc) is 3.52. The Labute approximate surface area is 162 Å². The standard InChI is InChI=1S/C24H22F3N/c25-24(26,27)20-10-3-6-17(16-20)7-5-15-28-23(19-13-14-19)22-12-4-9-18-8-1-2-11-21(18)22/h1-12,16,19,23,28H,13-15H2/b7-5+/t23-/m1/s1. The normalized spacial score (nSPS) is 16.0. The summed E-state index contributed by atoms with van der Waals surface area (Å²) < 4.78 is 38.5. The number of hydrogen-bond acceptors (Lipinski definition) is 1. The van der Waals surface area contributed by atoms with E-state index in [-0.39, 0.29) is 6.04 Å². The van der Waals surface area contributed by atoms with Gasteiger partial charge in [-0.3, -0.25) is 0 Å². The van der Waals surface area contributed by atoms with Gasteiger partial charge in [-0.1, -0.05) is 66.7 Å². The number of nitrogens with one attached hydrogen (secondary N) is 1. The van der Waals surface area contributed by atoms with Gasteiger partial charge < -0.3 is 5.32 Å². The molecule has 0 unspecified atom stereocenters. The first-order valence-electron chi connectivity index (χ1n) is 9.57. The summed E-state index contributed by atoms with van der Waals surface area (Å²) in [5.41, 5.74) is 1.24. The van der Waals surface area contributed by atoms with Crippen molar-refractivity contribution < 1.29 is 13.2 Å². The van der Waals surface area contributed by atoms with Gasteiger partial charge >= 0.3 is 6.18 Å². The van der Waals surface area contributed by atoms with Crippen LogP contribution in [0.4, 0.5) is 13.2 Å². The molecule has 0 amide bonds. The smallest absolute Gasteiger partial charge is 0.306 e. The Bertz CT molecular complexity index is 981. The molecule has 1 aliphatic carbocycles. The van der Waals surface area contributed by atoms with Gasteiger partial charge in [0.2, 0.25) is 0 Å². The minimum absolute atomic E-state index is 0.261. The zero-order chi connectivity index (χ0) is 19.6. The molecule has 0 bridgehead atoms. The van der Waals surface area contributed by atoms with E-state index < -0.39 is 11.7 Å². The monoisotopic (exact) mass is 381 g/mol. The second kappa shape index (κ2) is 7.80. The molecule has 4 rings (SSSR count). The fourth-order valence-electron chi connectivity index (χ4n) is 3.69. The molecule has 3 aromatic carbocycles. The molecule has 0 heterocycles. The lowest BCUT2D eigenvalue weighted by Crippen LogP contribution is -2.23. The molecule has 28 heavy (non-hydrogen) atoms. The number of hydrogen-bond donors (Lipinski definition) is 1. The molecule has 1 fully saturated rings. The van der Waals surface area contributed by atoms with Crippen molar-refractivity contribution in [3.05, 3.63) is 89.5 Å².